The first-order chi connectivity index (χ1) is 10.9. The van der Waals surface area contributed by atoms with Gasteiger partial charge in [0.1, 0.15) is 0 Å². The van der Waals surface area contributed by atoms with Gasteiger partial charge in [-0.15, -0.1) is 0 Å². The van der Waals surface area contributed by atoms with Gasteiger partial charge in [-0.3, -0.25) is 4.79 Å². The van der Waals surface area contributed by atoms with Crippen molar-refractivity contribution in [2.24, 2.45) is 23.7 Å². The molecule has 2 aliphatic rings. The first-order valence-electron chi connectivity index (χ1n) is 7.95. The quantitative estimate of drug-likeness (QED) is 0.838. The van der Waals surface area contributed by atoms with Crippen molar-refractivity contribution >= 4 is 11.9 Å². The number of phenols is 2. The van der Waals surface area contributed by atoms with Crippen LogP contribution in [-0.2, 0) is 4.79 Å². The van der Waals surface area contributed by atoms with E-state index >= 15 is 0 Å². The van der Waals surface area contributed by atoms with E-state index in [1.165, 1.54) is 13.2 Å². The third-order valence-electron chi connectivity index (χ3n) is 5.26. The summed E-state index contributed by atoms with van der Waals surface area (Å²) in [5.41, 5.74) is 1.77. The van der Waals surface area contributed by atoms with E-state index in [0.717, 1.165) is 12.0 Å². The molecular formula is C19H22O4. The average Bonchev–Trinajstić information content (AvgIpc) is 2.73. The van der Waals surface area contributed by atoms with E-state index in [1.807, 2.05) is 12.2 Å². The van der Waals surface area contributed by atoms with Gasteiger partial charge in [-0.1, -0.05) is 26.0 Å². The van der Waals surface area contributed by atoms with Crippen LogP contribution in [0.5, 0.6) is 17.2 Å². The van der Waals surface area contributed by atoms with E-state index in [4.69, 9.17) is 4.74 Å². The smallest absolute Gasteiger partial charge is 0.200 e. The van der Waals surface area contributed by atoms with Crippen LogP contribution in [0, 0.1) is 23.7 Å². The maximum Gasteiger partial charge on any atom is 0.200 e. The predicted octanol–water partition coefficient (Wildman–Crippen LogP) is 3.54. The number of ether oxygens (including phenoxy) is 1. The van der Waals surface area contributed by atoms with E-state index in [-0.39, 0.29) is 28.9 Å². The Morgan fingerprint density at radius 1 is 1.22 bits per heavy atom. The largest absolute Gasteiger partial charge is 0.504 e. The third-order valence-corrected chi connectivity index (χ3v) is 5.26. The van der Waals surface area contributed by atoms with Crippen LogP contribution in [0.2, 0.25) is 0 Å². The Morgan fingerprint density at radius 3 is 2.65 bits per heavy atom. The molecule has 2 aliphatic carbocycles. The molecule has 0 aliphatic heterocycles. The molecular weight excluding hydrogens is 292 g/mol. The van der Waals surface area contributed by atoms with Crippen molar-refractivity contribution < 1.29 is 19.7 Å². The Labute approximate surface area is 136 Å². The molecule has 1 fully saturated rings. The van der Waals surface area contributed by atoms with Gasteiger partial charge in [0, 0.05) is 5.92 Å². The van der Waals surface area contributed by atoms with Crippen molar-refractivity contribution in [2.45, 2.75) is 20.3 Å². The molecule has 1 aromatic carbocycles. The van der Waals surface area contributed by atoms with Crippen LogP contribution in [0.1, 0.15) is 25.8 Å². The minimum Gasteiger partial charge on any atom is -0.504 e. The van der Waals surface area contributed by atoms with E-state index in [0.29, 0.717) is 23.3 Å². The highest BCUT2D eigenvalue weighted by Crippen LogP contribution is 2.49. The van der Waals surface area contributed by atoms with Crippen molar-refractivity contribution in [1.29, 1.82) is 0 Å². The molecule has 23 heavy (non-hydrogen) atoms. The molecule has 0 heterocycles. The highest BCUT2D eigenvalue weighted by Gasteiger charge is 2.45. The maximum absolute atomic E-state index is 12.2. The lowest BCUT2D eigenvalue weighted by Crippen LogP contribution is -2.25. The fraction of sp³-hybridized carbons (Fsp3) is 0.421. The molecule has 4 atom stereocenters. The van der Waals surface area contributed by atoms with Crippen LogP contribution in [0.15, 0.2) is 29.9 Å². The molecule has 0 amide bonds. The van der Waals surface area contributed by atoms with Gasteiger partial charge in [-0.25, -0.2) is 0 Å². The van der Waals surface area contributed by atoms with Crippen LogP contribution in [0.25, 0.3) is 6.08 Å². The summed E-state index contributed by atoms with van der Waals surface area (Å²) in [6, 6.07) is 3.13. The van der Waals surface area contributed by atoms with Gasteiger partial charge in [0.25, 0.3) is 0 Å². The second kappa shape index (κ2) is 5.76. The van der Waals surface area contributed by atoms with Gasteiger partial charge >= 0.3 is 0 Å². The van der Waals surface area contributed by atoms with Crippen LogP contribution in [0.4, 0.5) is 0 Å². The molecule has 122 valence electrons. The molecule has 0 aromatic heterocycles. The molecule has 4 heteroatoms. The van der Waals surface area contributed by atoms with Crippen molar-refractivity contribution in [3.63, 3.8) is 0 Å². The molecule has 2 unspecified atom stereocenters. The van der Waals surface area contributed by atoms with Gasteiger partial charge in [0.15, 0.2) is 17.3 Å². The second-order valence-corrected chi connectivity index (χ2v) is 6.68. The van der Waals surface area contributed by atoms with Crippen LogP contribution in [0.3, 0.4) is 0 Å². The summed E-state index contributed by atoms with van der Waals surface area (Å²) in [6.07, 6.45) is 6.53. The summed E-state index contributed by atoms with van der Waals surface area (Å²) in [7, 11) is 1.44. The van der Waals surface area contributed by atoms with Gasteiger partial charge in [0.05, 0.1) is 7.11 Å². The fourth-order valence-corrected chi connectivity index (χ4v) is 4.12. The molecule has 0 spiro atoms. The lowest BCUT2D eigenvalue weighted by atomic mass is 9.77. The summed E-state index contributed by atoms with van der Waals surface area (Å²) in [5.74, 6) is 1.42. The highest BCUT2D eigenvalue weighted by atomic mass is 16.5. The molecule has 4 nitrogen and oxygen atoms in total. The normalized spacial score (nSPS) is 29.9. The van der Waals surface area contributed by atoms with E-state index in [1.54, 1.807) is 12.1 Å². The zero-order valence-corrected chi connectivity index (χ0v) is 13.6. The Balaban J connectivity index is 1.91. The number of aromatic hydroxyl groups is 2. The van der Waals surface area contributed by atoms with Crippen molar-refractivity contribution in [3.8, 4) is 17.2 Å². The molecule has 2 N–H and O–H groups in total. The number of carbonyl (C=O) groups is 1. The van der Waals surface area contributed by atoms with Crippen LogP contribution >= 0.6 is 0 Å². The standard InChI is InChI=1S/C19H22O4/c1-10-6-14-11(2)18(10)13(9-15(14)20)5-4-12-7-16(21)19(22)17(8-12)23-3/h4-5,7-11,14,18,21-22H,6H2,1-3H3/b5-4+/t10-,11?,14+,18?/m1/s1. The maximum atomic E-state index is 12.2. The van der Waals surface area contributed by atoms with Crippen LogP contribution in [-0.4, -0.2) is 23.1 Å². The zero-order valence-electron chi connectivity index (χ0n) is 13.6. The summed E-state index contributed by atoms with van der Waals surface area (Å²) in [6.45, 7) is 4.36. The summed E-state index contributed by atoms with van der Waals surface area (Å²) in [4.78, 5) is 12.2. The monoisotopic (exact) mass is 314 g/mol. The second-order valence-electron chi connectivity index (χ2n) is 6.68. The molecule has 3 rings (SSSR count). The number of hydrogen-bond acceptors (Lipinski definition) is 4. The average molecular weight is 314 g/mol. The number of carbonyl (C=O) groups excluding carboxylic acids is 1. The Hall–Kier alpha value is -2.23. The van der Waals surface area contributed by atoms with Crippen molar-refractivity contribution in [3.05, 3.63) is 35.4 Å². The highest BCUT2D eigenvalue weighted by molar-refractivity contribution is 5.95. The predicted molar refractivity (Wildman–Crippen MR) is 88.4 cm³/mol. The van der Waals surface area contributed by atoms with E-state index in [9.17, 15) is 15.0 Å². The number of methoxy groups -OCH3 is 1. The minimum absolute atomic E-state index is 0.171. The Kier molecular flexibility index (Phi) is 3.92. The van der Waals surface area contributed by atoms with Crippen molar-refractivity contribution in [1.82, 2.24) is 0 Å². The first-order valence-corrected chi connectivity index (χ1v) is 7.95. The van der Waals surface area contributed by atoms with Gasteiger partial charge in [-0.05, 0) is 53.5 Å². The van der Waals surface area contributed by atoms with Crippen molar-refractivity contribution in [2.75, 3.05) is 7.11 Å². The third kappa shape index (κ3) is 2.62. The first kappa shape index (κ1) is 15.7. The number of fused-ring (bicyclic) bond motifs is 2. The summed E-state index contributed by atoms with van der Waals surface area (Å²) < 4.78 is 5.05. The topological polar surface area (TPSA) is 66.8 Å². The molecule has 2 bridgehead atoms. The number of allylic oxidation sites excluding steroid dienone is 3. The summed E-state index contributed by atoms with van der Waals surface area (Å²) in [5, 5.41) is 19.4. The SMILES string of the molecule is COc1cc(/C=C/C2=CC(=O)[C@H]3C[C@@H](C)C2C3C)cc(O)c1O. The zero-order chi connectivity index (χ0) is 16.7. The lowest BCUT2D eigenvalue weighted by Gasteiger charge is -2.26. The number of rotatable bonds is 3. The number of phenolic OH excluding ortho intramolecular Hbond substituents is 2. The Morgan fingerprint density at radius 2 is 1.96 bits per heavy atom. The molecule has 0 radical (unpaired) electrons. The summed E-state index contributed by atoms with van der Waals surface area (Å²) >= 11 is 0. The molecule has 1 aromatic rings. The molecule has 0 saturated heterocycles. The van der Waals surface area contributed by atoms with Gasteiger partial charge in [-0.2, -0.15) is 0 Å². The number of ketones is 1. The van der Waals surface area contributed by atoms with E-state index < -0.39 is 0 Å². The number of hydrogen-bond donors (Lipinski definition) is 2. The van der Waals surface area contributed by atoms with Gasteiger partial charge in [0.2, 0.25) is 5.75 Å². The van der Waals surface area contributed by atoms with E-state index in [2.05, 4.69) is 13.8 Å². The number of benzene rings is 1. The lowest BCUT2D eigenvalue weighted by molar-refractivity contribution is -0.119. The minimum atomic E-state index is -0.266. The fourth-order valence-electron chi connectivity index (χ4n) is 4.12. The van der Waals surface area contributed by atoms with Gasteiger partial charge < -0.3 is 14.9 Å². The molecule has 1 saturated carbocycles. The Bertz CT molecular complexity index is 702. The van der Waals surface area contributed by atoms with Crippen LogP contribution < -0.4 is 4.74 Å².